The number of rotatable bonds is 3. The zero-order valence-corrected chi connectivity index (χ0v) is 9.94. The van der Waals surface area contributed by atoms with Crippen molar-refractivity contribution in [1.82, 2.24) is 5.32 Å². The van der Waals surface area contributed by atoms with E-state index in [1.807, 2.05) is 0 Å². The van der Waals surface area contributed by atoms with Gasteiger partial charge in [0.25, 0.3) is 0 Å². The van der Waals surface area contributed by atoms with Gasteiger partial charge in [0, 0.05) is 17.6 Å². The number of piperidine rings is 1. The summed E-state index contributed by atoms with van der Waals surface area (Å²) >= 11 is 5.73. The molecule has 1 aromatic rings. The van der Waals surface area contributed by atoms with Crippen molar-refractivity contribution < 1.29 is 9.66 Å². The summed E-state index contributed by atoms with van der Waals surface area (Å²) in [5.74, 6) is 0.285. The number of benzene rings is 1. The van der Waals surface area contributed by atoms with Crippen LogP contribution in [0.2, 0.25) is 5.02 Å². The number of nitro benzene ring substituents is 1. The highest BCUT2D eigenvalue weighted by Crippen LogP contribution is 2.31. The Kier molecular flexibility index (Phi) is 3.81. The minimum atomic E-state index is -0.475. The first kappa shape index (κ1) is 12.1. The van der Waals surface area contributed by atoms with Gasteiger partial charge in [-0.2, -0.15) is 0 Å². The standard InChI is InChI=1S/C11H13ClN2O3/c12-8-3-4-11(10(6-8)14(15)16)17-9-2-1-5-13-7-9/h3-4,6,9,13H,1-2,5,7H2/t9-/m1/s1. The molecule has 0 saturated carbocycles. The molecule has 0 radical (unpaired) electrons. The van der Waals surface area contributed by atoms with E-state index in [0.717, 1.165) is 25.9 Å². The minimum absolute atomic E-state index is 0.0105. The lowest BCUT2D eigenvalue weighted by atomic mass is 10.1. The second-order valence-electron chi connectivity index (χ2n) is 3.96. The largest absolute Gasteiger partial charge is 0.482 e. The van der Waals surface area contributed by atoms with Crippen molar-refractivity contribution in [2.45, 2.75) is 18.9 Å². The summed E-state index contributed by atoms with van der Waals surface area (Å²) in [5.41, 5.74) is -0.0805. The normalized spacial score (nSPS) is 19.9. The molecule has 0 spiro atoms. The Morgan fingerprint density at radius 2 is 2.35 bits per heavy atom. The Bertz CT molecular complexity index is 419. The quantitative estimate of drug-likeness (QED) is 0.666. The fourth-order valence-electron chi connectivity index (χ4n) is 1.83. The molecule has 1 atom stereocenters. The van der Waals surface area contributed by atoms with E-state index in [1.165, 1.54) is 6.07 Å². The van der Waals surface area contributed by atoms with Crippen LogP contribution in [0.1, 0.15) is 12.8 Å². The van der Waals surface area contributed by atoms with Gasteiger partial charge in [0.05, 0.1) is 4.92 Å². The molecule has 5 nitrogen and oxygen atoms in total. The molecule has 0 aliphatic carbocycles. The molecule has 1 saturated heterocycles. The molecule has 1 aliphatic heterocycles. The average Bonchev–Trinajstić information content (AvgIpc) is 2.32. The van der Waals surface area contributed by atoms with Crippen LogP contribution in [0.25, 0.3) is 0 Å². The maximum atomic E-state index is 10.9. The molecule has 0 bridgehead atoms. The first-order valence-corrected chi connectivity index (χ1v) is 5.86. The molecule has 2 rings (SSSR count). The van der Waals surface area contributed by atoms with Crippen LogP contribution in [0, 0.1) is 10.1 Å². The molecule has 1 aliphatic rings. The fraction of sp³-hybridized carbons (Fsp3) is 0.455. The van der Waals surface area contributed by atoms with E-state index in [-0.39, 0.29) is 17.5 Å². The number of nitrogens with zero attached hydrogens (tertiary/aromatic N) is 1. The van der Waals surface area contributed by atoms with E-state index in [9.17, 15) is 10.1 Å². The highest BCUT2D eigenvalue weighted by Gasteiger charge is 2.21. The van der Waals surface area contributed by atoms with Crippen LogP contribution in [0.4, 0.5) is 5.69 Å². The Balaban J connectivity index is 2.16. The van der Waals surface area contributed by atoms with Crippen LogP contribution >= 0.6 is 11.6 Å². The molecular weight excluding hydrogens is 244 g/mol. The number of hydrogen-bond donors (Lipinski definition) is 1. The number of ether oxygens (including phenoxy) is 1. The molecule has 0 unspecified atom stereocenters. The topological polar surface area (TPSA) is 64.4 Å². The monoisotopic (exact) mass is 256 g/mol. The summed E-state index contributed by atoms with van der Waals surface area (Å²) in [6.45, 7) is 1.70. The third kappa shape index (κ3) is 3.08. The van der Waals surface area contributed by atoms with E-state index in [1.54, 1.807) is 12.1 Å². The molecule has 1 heterocycles. The third-order valence-electron chi connectivity index (χ3n) is 2.66. The van der Waals surface area contributed by atoms with Crippen LogP contribution in [0.5, 0.6) is 5.75 Å². The molecule has 1 aromatic carbocycles. The van der Waals surface area contributed by atoms with Crippen molar-refractivity contribution in [3.05, 3.63) is 33.3 Å². The van der Waals surface area contributed by atoms with Gasteiger partial charge in [-0.05, 0) is 31.5 Å². The van der Waals surface area contributed by atoms with Gasteiger partial charge in [-0.3, -0.25) is 10.1 Å². The zero-order chi connectivity index (χ0) is 12.3. The van der Waals surface area contributed by atoms with E-state index in [2.05, 4.69) is 5.32 Å². The van der Waals surface area contributed by atoms with Crippen LogP contribution in [-0.4, -0.2) is 24.1 Å². The summed E-state index contributed by atoms with van der Waals surface area (Å²) in [6.07, 6.45) is 1.92. The summed E-state index contributed by atoms with van der Waals surface area (Å²) in [7, 11) is 0. The maximum Gasteiger partial charge on any atom is 0.312 e. The van der Waals surface area contributed by atoms with Crippen molar-refractivity contribution in [1.29, 1.82) is 0 Å². The highest BCUT2D eigenvalue weighted by molar-refractivity contribution is 6.30. The maximum absolute atomic E-state index is 10.9. The number of hydrogen-bond acceptors (Lipinski definition) is 4. The van der Waals surface area contributed by atoms with Crippen LogP contribution < -0.4 is 10.1 Å². The minimum Gasteiger partial charge on any atom is -0.482 e. The number of nitrogens with one attached hydrogen (secondary N) is 1. The average molecular weight is 257 g/mol. The second-order valence-corrected chi connectivity index (χ2v) is 4.39. The highest BCUT2D eigenvalue weighted by atomic mass is 35.5. The van der Waals surface area contributed by atoms with Gasteiger partial charge in [0.1, 0.15) is 6.10 Å². The van der Waals surface area contributed by atoms with Crippen LogP contribution in [-0.2, 0) is 0 Å². The zero-order valence-electron chi connectivity index (χ0n) is 9.19. The van der Waals surface area contributed by atoms with Crippen molar-refractivity contribution >= 4 is 17.3 Å². The lowest BCUT2D eigenvalue weighted by molar-refractivity contribution is -0.386. The smallest absolute Gasteiger partial charge is 0.312 e. The molecule has 92 valence electrons. The molecule has 17 heavy (non-hydrogen) atoms. The van der Waals surface area contributed by atoms with E-state index in [0.29, 0.717) is 5.02 Å². The van der Waals surface area contributed by atoms with Crippen molar-refractivity contribution in [2.24, 2.45) is 0 Å². The Morgan fingerprint density at radius 1 is 1.53 bits per heavy atom. The van der Waals surface area contributed by atoms with E-state index >= 15 is 0 Å². The molecule has 0 aromatic heterocycles. The molecule has 1 N–H and O–H groups in total. The fourth-order valence-corrected chi connectivity index (χ4v) is 2.00. The van der Waals surface area contributed by atoms with Crippen molar-refractivity contribution in [3.8, 4) is 5.75 Å². The predicted octanol–water partition coefficient (Wildman–Crippen LogP) is 2.38. The lowest BCUT2D eigenvalue weighted by Gasteiger charge is -2.23. The SMILES string of the molecule is O=[N+]([O-])c1cc(Cl)ccc1O[C@@H]1CCCNC1. The van der Waals surface area contributed by atoms with Gasteiger partial charge >= 0.3 is 5.69 Å². The van der Waals surface area contributed by atoms with Crippen LogP contribution in [0.3, 0.4) is 0 Å². The number of halogens is 1. The Morgan fingerprint density at radius 3 is 3.00 bits per heavy atom. The van der Waals surface area contributed by atoms with Gasteiger partial charge in [-0.1, -0.05) is 11.6 Å². The lowest BCUT2D eigenvalue weighted by Crippen LogP contribution is -2.37. The van der Waals surface area contributed by atoms with Gasteiger partial charge in [-0.25, -0.2) is 0 Å². The summed E-state index contributed by atoms with van der Waals surface area (Å²) in [4.78, 5) is 10.4. The van der Waals surface area contributed by atoms with Gasteiger partial charge in [0.2, 0.25) is 0 Å². The van der Waals surface area contributed by atoms with Crippen molar-refractivity contribution in [2.75, 3.05) is 13.1 Å². The van der Waals surface area contributed by atoms with Gasteiger partial charge in [-0.15, -0.1) is 0 Å². The summed E-state index contributed by atoms with van der Waals surface area (Å²) in [6, 6.07) is 4.46. The second kappa shape index (κ2) is 5.33. The van der Waals surface area contributed by atoms with Gasteiger partial charge in [0.15, 0.2) is 5.75 Å². The van der Waals surface area contributed by atoms with E-state index < -0.39 is 4.92 Å². The van der Waals surface area contributed by atoms with Gasteiger partial charge < -0.3 is 10.1 Å². The molecule has 6 heteroatoms. The predicted molar refractivity (Wildman–Crippen MR) is 64.6 cm³/mol. The molecule has 0 amide bonds. The van der Waals surface area contributed by atoms with E-state index in [4.69, 9.17) is 16.3 Å². The van der Waals surface area contributed by atoms with Crippen LogP contribution in [0.15, 0.2) is 18.2 Å². The summed E-state index contributed by atoms with van der Waals surface area (Å²) in [5, 5.41) is 14.4. The summed E-state index contributed by atoms with van der Waals surface area (Å²) < 4.78 is 5.64. The molecule has 1 fully saturated rings. The molecular formula is C11H13ClN2O3. The first-order chi connectivity index (χ1) is 8.16. The first-order valence-electron chi connectivity index (χ1n) is 5.48. The Hall–Kier alpha value is -1.33. The Labute approximate surface area is 104 Å². The third-order valence-corrected chi connectivity index (χ3v) is 2.90. The number of nitro groups is 1. The van der Waals surface area contributed by atoms with Crippen molar-refractivity contribution in [3.63, 3.8) is 0 Å².